The molecule has 0 bridgehead atoms. The molecule has 0 saturated carbocycles. The molecule has 6 heteroatoms. The van der Waals surface area contributed by atoms with E-state index in [0.717, 1.165) is 5.69 Å². The van der Waals surface area contributed by atoms with E-state index >= 15 is 0 Å². The number of rotatable bonds is 2. The van der Waals surface area contributed by atoms with Crippen LogP contribution in [0.4, 0.5) is 0 Å². The van der Waals surface area contributed by atoms with Crippen molar-refractivity contribution < 1.29 is 8.42 Å². The van der Waals surface area contributed by atoms with E-state index in [9.17, 15) is 8.42 Å². The number of nitrogens with zero attached hydrogens (tertiary/aromatic N) is 2. The second-order valence-corrected chi connectivity index (χ2v) is 7.11. The molecule has 1 aromatic heterocycles. The highest BCUT2D eigenvalue weighted by atomic mass is 35.5. The Morgan fingerprint density at radius 2 is 1.90 bits per heavy atom. The Kier molecular flexibility index (Phi) is 3.36. The molecular formula is C14H15ClN2O2S. The van der Waals surface area contributed by atoms with Crippen LogP contribution in [0.25, 0.3) is 0 Å². The zero-order chi connectivity index (χ0) is 14.3. The van der Waals surface area contributed by atoms with Gasteiger partial charge in [-0.15, -0.1) is 0 Å². The maximum absolute atomic E-state index is 12.8. The number of fused-ring (bicyclic) bond motifs is 1. The Morgan fingerprint density at radius 3 is 2.65 bits per heavy atom. The van der Waals surface area contributed by atoms with Crippen LogP contribution >= 0.6 is 11.6 Å². The molecule has 2 aromatic rings. The molecule has 0 fully saturated rings. The molecule has 1 atom stereocenters. The number of benzene rings is 1. The molecule has 1 aliphatic rings. The monoisotopic (exact) mass is 310 g/mol. The molecule has 0 aliphatic carbocycles. The van der Waals surface area contributed by atoms with E-state index in [2.05, 4.69) is 4.57 Å². The van der Waals surface area contributed by atoms with Gasteiger partial charge in [0.15, 0.2) is 0 Å². The molecule has 0 N–H and O–H groups in total. The second-order valence-electron chi connectivity index (χ2n) is 4.85. The fourth-order valence-corrected chi connectivity index (χ4v) is 4.76. The highest BCUT2D eigenvalue weighted by molar-refractivity contribution is 7.89. The van der Waals surface area contributed by atoms with Gasteiger partial charge in [-0.25, -0.2) is 8.42 Å². The van der Waals surface area contributed by atoms with Gasteiger partial charge in [0.1, 0.15) is 4.90 Å². The van der Waals surface area contributed by atoms with Gasteiger partial charge in [-0.1, -0.05) is 23.7 Å². The summed E-state index contributed by atoms with van der Waals surface area (Å²) in [7, 11) is -3.57. The van der Waals surface area contributed by atoms with E-state index in [4.69, 9.17) is 11.6 Å². The van der Waals surface area contributed by atoms with Crippen molar-refractivity contribution in [2.75, 3.05) is 6.54 Å². The van der Waals surface area contributed by atoms with E-state index < -0.39 is 10.0 Å². The standard InChI is InChI=1S/C14H15ClN2O2S/c1-11-13-6-4-8-16(13)9-10-17(11)20(18,19)14-7-3-2-5-12(14)15/h2-8,11H,9-10H2,1H3/t11-/m0/s1. The van der Waals surface area contributed by atoms with E-state index in [0.29, 0.717) is 13.1 Å². The number of hydrogen-bond acceptors (Lipinski definition) is 2. The first-order chi connectivity index (χ1) is 9.51. The normalized spacial score (nSPS) is 19.8. The van der Waals surface area contributed by atoms with Crippen molar-refractivity contribution >= 4 is 21.6 Å². The summed E-state index contributed by atoms with van der Waals surface area (Å²) < 4.78 is 29.2. The van der Waals surface area contributed by atoms with Gasteiger partial charge in [0.25, 0.3) is 0 Å². The number of aromatic nitrogens is 1. The summed E-state index contributed by atoms with van der Waals surface area (Å²) in [5.74, 6) is 0. The minimum absolute atomic E-state index is 0.175. The minimum Gasteiger partial charge on any atom is -0.349 e. The Balaban J connectivity index is 2.04. The van der Waals surface area contributed by atoms with Crippen LogP contribution in [0.1, 0.15) is 18.7 Å². The second kappa shape index (κ2) is 4.91. The first-order valence-electron chi connectivity index (χ1n) is 6.43. The lowest BCUT2D eigenvalue weighted by Gasteiger charge is -2.34. The predicted molar refractivity (Wildman–Crippen MR) is 78.2 cm³/mol. The van der Waals surface area contributed by atoms with Gasteiger partial charge in [0, 0.05) is 25.0 Å². The van der Waals surface area contributed by atoms with Crippen LogP contribution in [0.2, 0.25) is 5.02 Å². The summed E-state index contributed by atoms with van der Waals surface area (Å²) in [6.07, 6.45) is 1.98. The highest BCUT2D eigenvalue weighted by Gasteiger charge is 2.34. The van der Waals surface area contributed by atoms with Crippen molar-refractivity contribution in [1.29, 1.82) is 0 Å². The zero-order valence-electron chi connectivity index (χ0n) is 11.0. The molecule has 2 heterocycles. The van der Waals surface area contributed by atoms with Crippen molar-refractivity contribution in [3.05, 3.63) is 53.3 Å². The Hall–Kier alpha value is -1.30. The van der Waals surface area contributed by atoms with Gasteiger partial charge in [-0.2, -0.15) is 4.31 Å². The van der Waals surface area contributed by atoms with Gasteiger partial charge < -0.3 is 4.57 Å². The molecule has 0 radical (unpaired) electrons. The van der Waals surface area contributed by atoms with E-state index in [-0.39, 0.29) is 16.0 Å². The largest absolute Gasteiger partial charge is 0.349 e. The van der Waals surface area contributed by atoms with Gasteiger partial charge in [0.2, 0.25) is 10.0 Å². The van der Waals surface area contributed by atoms with Crippen molar-refractivity contribution in [3.8, 4) is 0 Å². The molecule has 1 aromatic carbocycles. The van der Waals surface area contributed by atoms with Crippen LogP contribution < -0.4 is 0 Å². The highest BCUT2D eigenvalue weighted by Crippen LogP contribution is 2.33. The fourth-order valence-electron chi connectivity index (χ4n) is 2.67. The molecule has 0 saturated heterocycles. The molecule has 3 rings (SSSR count). The maximum Gasteiger partial charge on any atom is 0.245 e. The third kappa shape index (κ3) is 2.06. The van der Waals surface area contributed by atoms with Crippen molar-refractivity contribution in [3.63, 3.8) is 0 Å². The summed E-state index contributed by atoms with van der Waals surface area (Å²) in [6.45, 7) is 3.02. The van der Waals surface area contributed by atoms with E-state index in [1.54, 1.807) is 24.3 Å². The first-order valence-corrected chi connectivity index (χ1v) is 8.25. The molecule has 20 heavy (non-hydrogen) atoms. The van der Waals surface area contributed by atoms with Gasteiger partial charge in [-0.05, 0) is 31.2 Å². The average Bonchev–Trinajstić information content (AvgIpc) is 2.88. The third-order valence-corrected chi connectivity index (χ3v) is 6.18. The summed E-state index contributed by atoms with van der Waals surface area (Å²) in [6, 6.07) is 10.3. The van der Waals surface area contributed by atoms with Crippen LogP contribution in [0.3, 0.4) is 0 Å². The fraction of sp³-hybridized carbons (Fsp3) is 0.286. The van der Waals surface area contributed by atoms with Crippen LogP contribution in [-0.2, 0) is 16.6 Å². The maximum atomic E-state index is 12.8. The van der Waals surface area contributed by atoms with Gasteiger partial charge >= 0.3 is 0 Å². The molecule has 0 spiro atoms. The molecule has 0 unspecified atom stereocenters. The summed E-state index contributed by atoms with van der Waals surface area (Å²) >= 11 is 6.04. The van der Waals surface area contributed by atoms with Gasteiger partial charge in [0.05, 0.1) is 11.1 Å². The van der Waals surface area contributed by atoms with E-state index in [1.807, 2.05) is 25.3 Å². The van der Waals surface area contributed by atoms with Crippen LogP contribution in [0.15, 0.2) is 47.5 Å². The SMILES string of the molecule is C[C@H]1c2cccn2CCN1S(=O)(=O)c1ccccc1Cl. The lowest BCUT2D eigenvalue weighted by molar-refractivity contribution is 0.282. The number of sulfonamides is 1. The lowest BCUT2D eigenvalue weighted by atomic mass is 10.2. The minimum atomic E-state index is -3.57. The summed E-state index contributed by atoms with van der Waals surface area (Å²) in [4.78, 5) is 0.175. The van der Waals surface area contributed by atoms with Crippen LogP contribution in [0.5, 0.6) is 0 Å². The quantitative estimate of drug-likeness (QED) is 0.856. The molecular weight excluding hydrogens is 296 g/mol. The molecule has 4 nitrogen and oxygen atoms in total. The van der Waals surface area contributed by atoms with Crippen LogP contribution in [-0.4, -0.2) is 23.8 Å². The Labute approximate surface area is 123 Å². The van der Waals surface area contributed by atoms with Crippen LogP contribution in [0, 0.1) is 0 Å². The molecule has 0 amide bonds. The topological polar surface area (TPSA) is 42.3 Å². The van der Waals surface area contributed by atoms with Gasteiger partial charge in [-0.3, -0.25) is 0 Å². The first kappa shape index (κ1) is 13.7. The average molecular weight is 311 g/mol. The van der Waals surface area contributed by atoms with E-state index in [1.165, 1.54) is 4.31 Å². The van der Waals surface area contributed by atoms with Crippen molar-refractivity contribution in [1.82, 2.24) is 8.87 Å². The lowest BCUT2D eigenvalue weighted by Crippen LogP contribution is -2.40. The van der Waals surface area contributed by atoms with Crippen molar-refractivity contribution in [2.45, 2.75) is 24.4 Å². The predicted octanol–water partition coefficient (Wildman–Crippen LogP) is 2.91. The number of halogens is 1. The summed E-state index contributed by atoms with van der Waals surface area (Å²) in [5, 5.41) is 0.264. The third-order valence-electron chi connectivity index (χ3n) is 3.71. The Morgan fingerprint density at radius 1 is 1.15 bits per heavy atom. The molecule has 1 aliphatic heterocycles. The summed E-state index contributed by atoms with van der Waals surface area (Å²) in [5.41, 5.74) is 1.01. The number of hydrogen-bond donors (Lipinski definition) is 0. The molecule has 106 valence electrons. The smallest absolute Gasteiger partial charge is 0.245 e. The van der Waals surface area contributed by atoms with Crippen molar-refractivity contribution in [2.24, 2.45) is 0 Å². The Bertz CT molecular complexity index is 739. The zero-order valence-corrected chi connectivity index (χ0v) is 12.6.